The Morgan fingerprint density at radius 3 is 2.26 bits per heavy atom. The van der Waals surface area contributed by atoms with E-state index in [1.165, 1.54) is 6.07 Å². The second kappa shape index (κ2) is 8.57. The van der Waals surface area contributed by atoms with Gasteiger partial charge in [0.25, 0.3) is 0 Å². The van der Waals surface area contributed by atoms with Gasteiger partial charge in [0.15, 0.2) is 25.6 Å². The highest BCUT2D eigenvalue weighted by molar-refractivity contribution is 6.74. The minimum absolute atomic E-state index is 0.0669. The maximum absolute atomic E-state index is 13.5. The quantitative estimate of drug-likeness (QED) is 0.438. The lowest BCUT2D eigenvalue weighted by molar-refractivity contribution is -0.178. The molecule has 0 spiro atoms. The number of rotatable bonds is 3. The molecule has 6 atom stereocenters. The Hall–Kier alpha value is -2.35. The summed E-state index contributed by atoms with van der Waals surface area (Å²) in [7, 11) is -2.53. The molecule has 1 saturated carbocycles. The Kier molecular flexibility index (Phi) is 6.14. The summed E-state index contributed by atoms with van der Waals surface area (Å²) < 4.78 is 76.3. The van der Waals surface area contributed by atoms with Gasteiger partial charge in [-0.1, -0.05) is 20.8 Å². The molecule has 210 valence electrons. The highest BCUT2D eigenvalue weighted by Gasteiger charge is 2.64. The van der Waals surface area contributed by atoms with Crippen molar-refractivity contribution >= 4 is 20.2 Å². The van der Waals surface area contributed by atoms with Gasteiger partial charge in [-0.3, -0.25) is 4.79 Å². The molecule has 4 aliphatic rings. The normalized spacial score (nSPS) is 31.7. The van der Waals surface area contributed by atoms with Crippen molar-refractivity contribution in [3.63, 3.8) is 0 Å². The number of benzene rings is 1. The number of amides is 1. The summed E-state index contributed by atoms with van der Waals surface area (Å²) in [5.74, 6) is -4.29. The first-order valence-electron chi connectivity index (χ1n) is 12.5. The topological polar surface area (TPSA) is 102 Å². The lowest BCUT2D eigenvalue weighted by atomic mass is 9.71. The number of hydrogen-bond acceptors (Lipinski definition) is 8. The molecule has 1 aromatic carbocycles. The van der Waals surface area contributed by atoms with Gasteiger partial charge in [0.2, 0.25) is 6.79 Å². The van der Waals surface area contributed by atoms with Gasteiger partial charge in [-0.2, -0.15) is 13.2 Å². The van der Waals surface area contributed by atoms with Gasteiger partial charge < -0.3 is 33.4 Å². The van der Waals surface area contributed by atoms with E-state index in [4.69, 9.17) is 28.1 Å². The Bertz CT molecular complexity index is 1160. The van der Waals surface area contributed by atoms with Crippen LogP contribution in [0.5, 0.6) is 11.5 Å². The van der Waals surface area contributed by atoms with Crippen LogP contribution >= 0.6 is 0 Å². The average Bonchev–Trinajstić information content (AvgIpc) is 3.36. The second-order valence-electron chi connectivity index (χ2n) is 12.1. The molecule has 38 heavy (non-hydrogen) atoms. The average molecular weight is 560 g/mol. The third-order valence-corrected chi connectivity index (χ3v) is 12.5. The molecule has 0 bridgehead atoms. The standard InChI is InChI=1S/C25H32F3NO8Si/c1-23(2,3)38(6,7)37-20-17-15(11-8-13-14(33-10-32-13)9-12(11)21(30)34-17)16(29-22(31)25(26,27)28)18-19(20)36-24(4,5)35-18/h8-9,15-20H,10H2,1-7H3,(H,29,31)/t15-,16-,17-,18+,19+,20+/m1/s1. The highest BCUT2D eigenvalue weighted by atomic mass is 28.4. The van der Waals surface area contributed by atoms with Crippen molar-refractivity contribution in [3.05, 3.63) is 23.3 Å². The van der Waals surface area contributed by atoms with E-state index < -0.39 is 68.5 Å². The van der Waals surface area contributed by atoms with Crippen molar-refractivity contribution in [1.29, 1.82) is 0 Å². The molecule has 1 saturated heterocycles. The largest absolute Gasteiger partial charge is 0.471 e. The van der Waals surface area contributed by atoms with Gasteiger partial charge in [-0.05, 0) is 49.7 Å². The number of fused-ring (bicyclic) bond motifs is 5. The molecular weight excluding hydrogens is 527 g/mol. The third-order valence-electron chi connectivity index (χ3n) is 8.06. The number of carbonyl (C=O) groups is 2. The molecule has 5 rings (SSSR count). The van der Waals surface area contributed by atoms with Crippen LogP contribution in [0, 0.1) is 0 Å². The Labute approximate surface area is 219 Å². The van der Waals surface area contributed by atoms with E-state index in [1.54, 1.807) is 19.9 Å². The van der Waals surface area contributed by atoms with Crippen molar-refractivity contribution in [2.45, 2.75) is 101 Å². The minimum atomic E-state index is -5.14. The summed E-state index contributed by atoms with van der Waals surface area (Å²) in [6, 6.07) is 1.75. The van der Waals surface area contributed by atoms with Gasteiger partial charge in [-0.25, -0.2) is 4.79 Å². The molecule has 13 heteroatoms. The molecule has 9 nitrogen and oxygen atoms in total. The summed E-state index contributed by atoms with van der Waals surface area (Å²) in [6.07, 6.45) is -9.02. The Morgan fingerprint density at radius 1 is 1.05 bits per heavy atom. The number of hydrogen-bond donors (Lipinski definition) is 1. The maximum Gasteiger partial charge on any atom is 0.471 e. The maximum atomic E-state index is 13.5. The Balaban J connectivity index is 1.67. The highest BCUT2D eigenvalue weighted by Crippen LogP contribution is 2.52. The molecule has 3 aliphatic heterocycles. The molecule has 0 aromatic heterocycles. The fourth-order valence-electron chi connectivity index (χ4n) is 5.31. The van der Waals surface area contributed by atoms with Gasteiger partial charge in [-0.15, -0.1) is 0 Å². The van der Waals surface area contributed by atoms with Crippen molar-refractivity contribution in [2.24, 2.45) is 0 Å². The van der Waals surface area contributed by atoms with E-state index >= 15 is 0 Å². The van der Waals surface area contributed by atoms with Crippen molar-refractivity contribution < 1.29 is 50.9 Å². The lowest BCUT2D eigenvalue weighted by Gasteiger charge is -2.52. The van der Waals surface area contributed by atoms with Crippen LogP contribution in [-0.2, 0) is 23.4 Å². The van der Waals surface area contributed by atoms with Crippen LogP contribution in [0.25, 0.3) is 0 Å². The monoisotopic (exact) mass is 559 g/mol. The SMILES string of the molecule is CC1(C)O[C@@H]2[C@@H](O[Si](C)(C)C(C)(C)C)[C@@H]3OC(=O)c4cc5c(cc4[C@@H]3[C@@H](NC(=O)C(F)(F)F)[C@@H]2O1)OCO5. The van der Waals surface area contributed by atoms with Crippen LogP contribution in [0.3, 0.4) is 0 Å². The first-order valence-corrected chi connectivity index (χ1v) is 15.4. The van der Waals surface area contributed by atoms with E-state index in [-0.39, 0.29) is 17.4 Å². The van der Waals surface area contributed by atoms with E-state index in [1.807, 2.05) is 33.9 Å². The van der Waals surface area contributed by atoms with E-state index in [2.05, 4.69) is 5.32 Å². The first kappa shape index (κ1) is 27.2. The van der Waals surface area contributed by atoms with Gasteiger partial charge in [0, 0.05) is 5.92 Å². The predicted octanol–water partition coefficient (Wildman–Crippen LogP) is 4.01. The van der Waals surface area contributed by atoms with Crippen LogP contribution in [0.15, 0.2) is 12.1 Å². The summed E-state index contributed by atoms with van der Waals surface area (Å²) in [5, 5.41) is 1.89. The van der Waals surface area contributed by atoms with Crippen LogP contribution in [0.1, 0.15) is 56.5 Å². The van der Waals surface area contributed by atoms with Gasteiger partial charge >= 0.3 is 18.1 Å². The van der Waals surface area contributed by atoms with Crippen molar-refractivity contribution in [3.8, 4) is 11.5 Å². The molecule has 0 unspecified atom stereocenters. The zero-order chi connectivity index (χ0) is 28.0. The lowest BCUT2D eigenvalue weighted by Crippen LogP contribution is -2.68. The summed E-state index contributed by atoms with van der Waals surface area (Å²) in [5.41, 5.74) is 0.475. The van der Waals surface area contributed by atoms with Gasteiger partial charge in [0.05, 0.1) is 11.6 Å². The van der Waals surface area contributed by atoms with Crippen LogP contribution in [0.2, 0.25) is 18.1 Å². The van der Waals surface area contributed by atoms with E-state index in [9.17, 15) is 22.8 Å². The van der Waals surface area contributed by atoms with Crippen molar-refractivity contribution in [1.82, 2.24) is 5.32 Å². The number of esters is 1. The smallest absolute Gasteiger partial charge is 0.455 e. The van der Waals surface area contributed by atoms with E-state index in [0.29, 0.717) is 17.1 Å². The number of carbonyl (C=O) groups excluding carboxylic acids is 2. The van der Waals surface area contributed by atoms with Gasteiger partial charge in [0.1, 0.15) is 24.4 Å². The van der Waals surface area contributed by atoms with Crippen LogP contribution < -0.4 is 14.8 Å². The molecule has 1 aliphatic carbocycles. The Morgan fingerprint density at radius 2 is 1.66 bits per heavy atom. The van der Waals surface area contributed by atoms with Crippen molar-refractivity contribution in [2.75, 3.05) is 6.79 Å². The number of alkyl halides is 3. The summed E-state index contributed by atoms with van der Waals surface area (Å²) in [4.78, 5) is 25.5. The number of halogens is 3. The zero-order valence-electron chi connectivity index (χ0n) is 22.2. The zero-order valence-corrected chi connectivity index (χ0v) is 23.2. The molecule has 2 fully saturated rings. The predicted molar refractivity (Wildman–Crippen MR) is 128 cm³/mol. The minimum Gasteiger partial charge on any atom is -0.455 e. The second-order valence-corrected chi connectivity index (χ2v) is 16.8. The molecule has 3 heterocycles. The first-order chi connectivity index (χ1) is 17.4. The molecular formula is C25H32F3NO8Si. The fourth-order valence-corrected chi connectivity index (χ4v) is 6.62. The number of nitrogens with one attached hydrogen (secondary N) is 1. The molecule has 1 amide bonds. The fraction of sp³-hybridized carbons (Fsp3) is 0.680. The summed E-state index contributed by atoms with van der Waals surface area (Å²) >= 11 is 0. The van der Waals surface area contributed by atoms with Crippen LogP contribution in [-0.4, -0.2) is 69.4 Å². The van der Waals surface area contributed by atoms with E-state index in [0.717, 1.165) is 0 Å². The third kappa shape index (κ3) is 4.46. The summed E-state index contributed by atoms with van der Waals surface area (Å²) in [6.45, 7) is 13.4. The molecule has 1 N–H and O–H groups in total. The number of ether oxygens (including phenoxy) is 5. The van der Waals surface area contributed by atoms with Crippen LogP contribution in [0.4, 0.5) is 13.2 Å². The molecule has 0 radical (unpaired) electrons. The molecule has 1 aromatic rings.